The molecule has 0 bridgehead atoms. The maximum absolute atomic E-state index is 9.32. The molecule has 1 aliphatic heterocycles. The van der Waals surface area contributed by atoms with Gasteiger partial charge in [0.1, 0.15) is 0 Å². The van der Waals surface area contributed by atoms with Gasteiger partial charge in [-0.15, -0.1) is 0 Å². The van der Waals surface area contributed by atoms with E-state index in [1.807, 2.05) is 24.3 Å². The van der Waals surface area contributed by atoms with Gasteiger partial charge in [-0.2, -0.15) is 5.26 Å². The molecule has 1 atom stereocenters. The predicted molar refractivity (Wildman–Crippen MR) is 139 cm³/mol. The molecule has 160 valence electrons. The van der Waals surface area contributed by atoms with Crippen LogP contribution in [0.1, 0.15) is 23.5 Å². The van der Waals surface area contributed by atoms with Gasteiger partial charge in [0.25, 0.3) is 0 Å². The van der Waals surface area contributed by atoms with Crippen LogP contribution in [0.25, 0.3) is 27.5 Å². The lowest BCUT2D eigenvalue weighted by Gasteiger charge is -2.26. The molecule has 3 heteroatoms. The first kappa shape index (κ1) is 19.0. The van der Waals surface area contributed by atoms with E-state index in [2.05, 4.69) is 100 Å². The Bertz CT molecular complexity index is 1690. The van der Waals surface area contributed by atoms with Crippen molar-refractivity contribution < 1.29 is 0 Å². The number of aromatic nitrogens is 1. The van der Waals surface area contributed by atoms with E-state index in [1.54, 1.807) is 0 Å². The molecule has 5 aromatic rings. The fourth-order valence-corrected chi connectivity index (χ4v) is 5.66. The zero-order valence-electron chi connectivity index (χ0n) is 18.5. The Morgan fingerprint density at radius 2 is 1.53 bits per heavy atom. The van der Waals surface area contributed by atoms with Gasteiger partial charge in [-0.3, -0.25) is 0 Å². The summed E-state index contributed by atoms with van der Waals surface area (Å²) in [7, 11) is 0. The highest BCUT2D eigenvalue weighted by molar-refractivity contribution is 6.14. The molecule has 0 saturated carbocycles. The SMILES string of the molecule is N#Cc1ccc(-n2c3ccccc3c3cccc(N4C5=CC=CCC5c5ccccc54)c32)cc1. The van der Waals surface area contributed by atoms with Crippen LogP contribution in [0.4, 0.5) is 11.4 Å². The molecule has 3 nitrogen and oxygen atoms in total. The molecule has 2 heterocycles. The molecule has 7 rings (SSSR count). The fraction of sp³-hybridized carbons (Fsp3) is 0.0645. The second-order valence-corrected chi connectivity index (χ2v) is 8.89. The molecule has 1 aliphatic carbocycles. The first-order chi connectivity index (χ1) is 16.8. The smallest absolute Gasteiger partial charge is 0.0991 e. The van der Waals surface area contributed by atoms with Crippen LogP contribution in [-0.4, -0.2) is 4.57 Å². The molecule has 0 amide bonds. The minimum Gasteiger partial charge on any atom is -0.311 e. The molecule has 4 aromatic carbocycles. The summed E-state index contributed by atoms with van der Waals surface area (Å²) in [6.45, 7) is 0. The lowest BCUT2D eigenvalue weighted by atomic mass is 9.92. The minimum atomic E-state index is 0.379. The van der Waals surface area contributed by atoms with Crippen LogP contribution in [0.3, 0.4) is 0 Å². The maximum Gasteiger partial charge on any atom is 0.0991 e. The average Bonchev–Trinajstić information content (AvgIpc) is 3.42. The highest BCUT2D eigenvalue weighted by Gasteiger charge is 2.35. The Labute approximate surface area is 198 Å². The van der Waals surface area contributed by atoms with Crippen molar-refractivity contribution in [3.05, 3.63) is 126 Å². The van der Waals surface area contributed by atoms with Gasteiger partial charge in [0, 0.05) is 33.8 Å². The van der Waals surface area contributed by atoms with Gasteiger partial charge in [0.05, 0.1) is 28.4 Å². The number of nitriles is 1. The lowest BCUT2D eigenvalue weighted by Crippen LogP contribution is -2.15. The first-order valence-electron chi connectivity index (χ1n) is 11.6. The van der Waals surface area contributed by atoms with E-state index in [1.165, 1.54) is 38.9 Å². The summed E-state index contributed by atoms with van der Waals surface area (Å²) < 4.78 is 2.34. The van der Waals surface area contributed by atoms with Crippen molar-refractivity contribution in [3.8, 4) is 11.8 Å². The van der Waals surface area contributed by atoms with Crippen LogP contribution >= 0.6 is 0 Å². The average molecular weight is 436 g/mol. The van der Waals surface area contributed by atoms with Crippen LogP contribution in [0.15, 0.2) is 115 Å². The summed E-state index contributed by atoms with van der Waals surface area (Å²) in [6.07, 6.45) is 7.74. The molecule has 0 saturated heterocycles. The van der Waals surface area contributed by atoms with Crippen LogP contribution in [0.2, 0.25) is 0 Å². The third-order valence-electron chi connectivity index (χ3n) is 7.11. The minimum absolute atomic E-state index is 0.379. The molecule has 0 spiro atoms. The molecule has 1 aromatic heterocycles. The zero-order chi connectivity index (χ0) is 22.6. The quantitative estimate of drug-likeness (QED) is 0.284. The van der Waals surface area contributed by atoms with E-state index < -0.39 is 0 Å². The topological polar surface area (TPSA) is 32.0 Å². The molecular formula is C31H21N3. The number of hydrogen-bond acceptors (Lipinski definition) is 2. The van der Waals surface area contributed by atoms with Gasteiger partial charge >= 0.3 is 0 Å². The van der Waals surface area contributed by atoms with E-state index >= 15 is 0 Å². The van der Waals surface area contributed by atoms with Crippen molar-refractivity contribution in [3.63, 3.8) is 0 Å². The van der Waals surface area contributed by atoms with E-state index in [-0.39, 0.29) is 0 Å². The predicted octanol–water partition coefficient (Wildman–Crippen LogP) is 7.73. The Morgan fingerprint density at radius 3 is 2.41 bits per heavy atom. The van der Waals surface area contributed by atoms with Gasteiger partial charge in [0.15, 0.2) is 0 Å². The molecule has 0 fully saturated rings. The maximum atomic E-state index is 9.32. The van der Waals surface area contributed by atoms with Gasteiger partial charge in [-0.05, 0) is 60.5 Å². The van der Waals surface area contributed by atoms with Crippen molar-refractivity contribution in [2.75, 3.05) is 4.90 Å². The third kappa shape index (κ3) is 2.57. The molecule has 0 N–H and O–H groups in total. The monoisotopic (exact) mass is 435 g/mol. The number of hydrogen-bond donors (Lipinski definition) is 0. The van der Waals surface area contributed by atoms with Crippen LogP contribution < -0.4 is 4.90 Å². The van der Waals surface area contributed by atoms with E-state index in [4.69, 9.17) is 0 Å². The number of anilines is 2. The highest BCUT2D eigenvalue weighted by Crippen LogP contribution is 2.52. The van der Waals surface area contributed by atoms with Gasteiger partial charge in [0.2, 0.25) is 0 Å². The van der Waals surface area contributed by atoms with Gasteiger partial charge in [-0.1, -0.05) is 60.7 Å². The van der Waals surface area contributed by atoms with Crippen molar-refractivity contribution in [1.29, 1.82) is 5.26 Å². The van der Waals surface area contributed by atoms with Crippen molar-refractivity contribution in [2.45, 2.75) is 12.3 Å². The molecule has 1 unspecified atom stereocenters. The largest absolute Gasteiger partial charge is 0.311 e. The van der Waals surface area contributed by atoms with Gasteiger partial charge in [-0.25, -0.2) is 0 Å². The summed E-state index contributed by atoms with van der Waals surface area (Å²) in [5.74, 6) is 0.379. The Hall–Kier alpha value is -4.55. The standard InChI is InChI=1S/C31H21N3/c32-20-21-16-18-22(19-17-21)33-27-12-4-3-10-25(27)26-11-7-15-30(31(26)33)34-28-13-5-1-8-23(28)24-9-2-6-14-29(24)34/h1-8,10-19,24H,9H2. The second kappa shape index (κ2) is 7.23. The third-order valence-corrected chi connectivity index (χ3v) is 7.11. The normalized spacial score (nSPS) is 16.4. The van der Waals surface area contributed by atoms with E-state index in [0.717, 1.165) is 17.6 Å². The van der Waals surface area contributed by atoms with Crippen molar-refractivity contribution in [2.24, 2.45) is 0 Å². The molecule has 0 radical (unpaired) electrons. The number of para-hydroxylation sites is 3. The van der Waals surface area contributed by atoms with E-state index in [0.29, 0.717) is 11.5 Å². The zero-order valence-corrected chi connectivity index (χ0v) is 18.5. The summed E-state index contributed by atoms with van der Waals surface area (Å²) in [5.41, 5.74) is 9.21. The molecule has 2 aliphatic rings. The number of allylic oxidation sites excluding steroid dienone is 4. The highest BCUT2D eigenvalue weighted by atomic mass is 15.2. The fourth-order valence-electron chi connectivity index (χ4n) is 5.66. The summed E-state index contributed by atoms with van der Waals surface area (Å²) in [5, 5.41) is 11.8. The molecule has 34 heavy (non-hydrogen) atoms. The van der Waals surface area contributed by atoms with Crippen LogP contribution in [0.5, 0.6) is 0 Å². The van der Waals surface area contributed by atoms with Crippen molar-refractivity contribution >= 4 is 33.2 Å². The first-order valence-corrected chi connectivity index (χ1v) is 11.6. The van der Waals surface area contributed by atoms with Crippen molar-refractivity contribution in [1.82, 2.24) is 4.57 Å². The number of fused-ring (bicyclic) bond motifs is 6. The van der Waals surface area contributed by atoms with Gasteiger partial charge < -0.3 is 9.47 Å². The van der Waals surface area contributed by atoms with Crippen LogP contribution in [0, 0.1) is 11.3 Å². The summed E-state index contributed by atoms with van der Waals surface area (Å²) in [6, 6.07) is 34.1. The molecular weight excluding hydrogens is 414 g/mol. The number of rotatable bonds is 2. The Balaban J connectivity index is 1.58. The number of nitrogens with zero attached hydrogens (tertiary/aromatic N) is 3. The lowest BCUT2D eigenvalue weighted by molar-refractivity contribution is 0.820. The van der Waals surface area contributed by atoms with E-state index in [9.17, 15) is 5.26 Å². The Kier molecular flexibility index (Phi) is 4.03. The van der Waals surface area contributed by atoms with Crippen LogP contribution in [-0.2, 0) is 0 Å². The summed E-state index contributed by atoms with van der Waals surface area (Å²) >= 11 is 0. The second-order valence-electron chi connectivity index (χ2n) is 8.89. The number of benzene rings is 4. The Morgan fingerprint density at radius 1 is 0.765 bits per heavy atom. The summed E-state index contributed by atoms with van der Waals surface area (Å²) in [4.78, 5) is 2.45.